The number of azo groups is 1. The molecule has 298 valence electrons. The van der Waals surface area contributed by atoms with Crippen LogP contribution in [0, 0.1) is 13.8 Å². The minimum Gasteiger partial charge on any atom is -0.282 e. The monoisotopic (exact) mass is 948 g/mol. The van der Waals surface area contributed by atoms with Gasteiger partial charge in [-0.1, -0.05) is 12.1 Å². The first kappa shape index (κ1) is 44.9. The van der Waals surface area contributed by atoms with E-state index in [1.807, 2.05) is 84.9 Å². The first-order valence-electron chi connectivity index (χ1n) is 17.9. The quantitative estimate of drug-likeness (QED) is 0.0843. The van der Waals surface area contributed by atoms with Crippen molar-refractivity contribution in [1.82, 2.24) is 19.9 Å². The van der Waals surface area contributed by atoms with Crippen molar-refractivity contribution in [2.45, 2.75) is 23.6 Å². The van der Waals surface area contributed by atoms with E-state index in [0.29, 0.717) is 53.0 Å². The molecule has 10 aromatic rings. The van der Waals surface area contributed by atoms with E-state index in [4.69, 9.17) is 9.97 Å². The van der Waals surface area contributed by atoms with Gasteiger partial charge in [0.1, 0.15) is 29.8 Å². The Bertz CT molecular complexity index is 3400. The summed E-state index contributed by atoms with van der Waals surface area (Å²) in [5.41, 5.74) is 8.49. The minimum absolute atomic E-state index is 0. The van der Waals surface area contributed by atoms with Gasteiger partial charge < -0.3 is 0 Å². The minimum atomic E-state index is -4.41. The Morgan fingerprint density at radius 2 is 0.758 bits per heavy atom. The molecule has 10 rings (SSSR count). The molecule has 6 aromatic carbocycles. The zero-order valence-electron chi connectivity index (χ0n) is 33.1. The number of aromatic nitrogens is 4. The van der Waals surface area contributed by atoms with Crippen LogP contribution >= 0.6 is 45.3 Å². The molecule has 0 bridgehead atoms. The van der Waals surface area contributed by atoms with Crippen LogP contribution in [0.25, 0.3) is 83.2 Å². The van der Waals surface area contributed by atoms with Gasteiger partial charge in [0.25, 0.3) is 20.2 Å². The van der Waals surface area contributed by atoms with Crippen LogP contribution in [0.5, 0.6) is 0 Å². The molecule has 0 amide bonds. The van der Waals surface area contributed by atoms with Gasteiger partial charge in [0, 0.05) is 81.4 Å². The normalized spacial score (nSPS) is 12.1. The summed E-state index contributed by atoms with van der Waals surface area (Å²) in [4.78, 5) is 18.8. The van der Waals surface area contributed by atoms with E-state index < -0.39 is 20.2 Å². The average Bonchev–Trinajstić information content (AvgIpc) is 4.03. The van der Waals surface area contributed by atoms with Gasteiger partial charge in [-0.2, -0.15) is 27.1 Å². The summed E-state index contributed by atoms with van der Waals surface area (Å²) in [5.74, 6) is 0. The number of rotatable bonds is 8. The van der Waals surface area contributed by atoms with Crippen LogP contribution in [0.2, 0.25) is 0 Å². The number of aryl methyl sites for hydroxylation is 2. The Balaban J connectivity index is 0.00000264. The van der Waals surface area contributed by atoms with Crippen molar-refractivity contribution in [3.05, 3.63) is 120 Å². The summed E-state index contributed by atoms with van der Waals surface area (Å²) >= 11 is 5.53. The Hall–Kier alpha value is -3.70. The van der Waals surface area contributed by atoms with Crippen LogP contribution in [0.1, 0.15) is 11.1 Å². The van der Waals surface area contributed by atoms with Crippen molar-refractivity contribution in [1.29, 1.82) is 0 Å². The summed E-state index contributed by atoms with van der Waals surface area (Å²) in [6.07, 6.45) is 0. The Morgan fingerprint density at radius 1 is 0.435 bits per heavy atom. The number of nitrogens with zero attached hydrogens (tertiary/aromatic N) is 6. The number of thiazole rings is 4. The maximum Gasteiger partial charge on any atom is 0.296 e. The fraction of sp³-hybridized carbons (Fsp3) is 0.0476. The molecule has 62 heavy (non-hydrogen) atoms. The van der Waals surface area contributed by atoms with Crippen molar-refractivity contribution in [3.63, 3.8) is 0 Å². The van der Waals surface area contributed by atoms with E-state index in [1.54, 1.807) is 38.1 Å². The first-order valence-corrected chi connectivity index (χ1v) is 24.1. The molecule has 0 unspecified atom stereocenters. The molecule has 0 aliphatic carbocycles. The summed E-state index contributed by atoms with van der Waals surface area (Å²) in [5, 5.41) is 11.8. The molecular weight excluding hydrogens is 923 g/mol. The summed E-state index contributed by atoms with van der Waals surface area (Å²) in [7, 11) is -8.82. The molecule has 2 radical (unpaired) electrons. The predicted molar refractivity (Wildman–Crippen MR) is 252 cm³/mol. The van der Waals surface area contributed by atoms with Crippen LogP contribution < -0.4 is 0 Å². The van der Waals surface area contributed by atoms with Gasteiger partial charge in [-0.25, -0.2) is 19.9 Å². The van der Waals surface area contributed by atoms with Crippen molar-refractivity contribution in [2.75, 3.05) is 0 Å². The summed E-state index contributed by atoms with van der Waals surface area (Å²) in [6.45, 7) is 3.30. The van der Waals surface area contributed by atoms with Gasteiger partial charge in [-0.05, 0) is 122 Å². The standard InChI is InChI=1S/C42H26N6O6S6.2Na/c1-21-3-15-31-35(37(21)59(49,50)51)57-41(45-31)25-9-17-29-33(19-25)55-39(43-29)23-5-11-27(12-6-23)47-48-28-13-7-24(8-14-28)40-44-30-18-10-26(20-34(30)56-40)42-46-32-16-4-22(2)38(36(32)58-42)60(52,53)54;;/h3-20H,1-2H3,(H,49,50,51)(H,52,53,54);;. The molecule has 0 atom stereocenters. The molecule has 20 heteroatoms. The van der Waals surface area contributed by atoms with Crippen molar-refractivity contribution >= 4 is 177 Å². The Morgan fingerprint density at radius 3 is 1.13 bits per heavy atom. The summed E-state index contributed by atoms with van der Waals surface area (Å²) in [6, 6.07) is 33.8. The zero-order chi connectivity index (χ0) is 41.5. The molecule has 0 saturated carbocycles. The molecule has 12 nitrogen and oxygen atoms in total. The van der Waals surface area contributed by atoms with Crippen molar-refractivity contribution < 1.29 is 25.9 Å². The van der Waals surface area contributed by atoms with E-state index in [1.165, 1.54) is 45.3 Å². The SMILES string of the molecule is Cc1ccc2nc(-c3ccc4nc(-c5ccc(N=Nc6ccc(-c7nc8ccc(-c9nc%10ccc(C)c(S(=O)(=O)O)c%10s9)cc8s7)cc6)cc5)sc4c3)sc2c1S(=O)(=O)O.[Na].[Na]. The second-order valence-corrected chi connectivity index (χ2v) is 20.6. The second-order valence-electron chi connectivity index (χ2n) is 13.8. The van der Waals surface area contributed by atoms with Crippen molar-refractivity contribution in [3.8, 4) is 42.3 Å². The van der Waals surface area contributed by atoms with Crippen molar-refractivity contribution in [2.24, 2.45) is 10.2 Å². The number of benzene rings is 6. The van der Waals surface area contributed by atoms with Gasteiger partial charge in [0.2, 0.25) is 0 Å². The molecular formula is C42H26N6Na2O6S6. The van der Waals surface area contributed by atoms with Crippen LogP contribution in [0.4, 0.5) is 11.4 Å². The van der Waals surface area contributed by atoms with E-state index in [0.717, 1.165) is 52.7 Å². The third-order valence-corrected chi connectivity index (χ3v) is 16.5. The maximum atomic E-state index is 12.1. The van der Waals surface area contributed by atoms with Crippen LogP contribution in [0.15, 0.2) is 129 Å². The average molecular weight is 949 g/mol. The molecule has 4 heterocycles. The Labute approximate surface area is 414 Å². The molecule has 0 aliphatic heterocycles. The first-order chi connectivity index (χ1) is 28.7. The molecule has 0 aliphatic rings. The number of hydrogen-bond acceptors (Lipinski definition) is 14. The third kappa shape index (κ3) is 8.62. The largest absolute Gasteiger partial charge is 0.296 e. The van der Waals surface area contributed by atoms with E-state index in [-0.39, 0.29) is 68.9 Å². The third-order valence-electron chi connectivity index (χ3n) is 9.71. The number of fused-ring (bicyclic) bond motifs is 4. The fourth-order valence-electron chi connectivity index (χ4n) is 6.84. The van der Waals surface area contributed by atoms with Gasteiger partial charge in [-0.3, -0.25) is 9.11 Å². The molecule has 0 saturated heterocycles. The molecule has 0 fully saturated rings. The van der Waals surface area contributed by atoms with E-state index in [2.05, 4.69) is 20.2 Å². The van der Waals surface area contributed by atoms with Crippen LogP contribution in [-0.4, -0.2) is 105 Å². The smallest absolute Gasteiger partial charge is 0.282 e. The molecule has 2 N–H and O–H groups in total. The number of hydrogen-bond donors (Lipinski definition) is 2. The topological polar surface area (TPSA) is 185 Å². The molecule has 0 spiro atoms. The van der Waals surface area contributed by atoms with Gasteiger partial charge >= 0.3 is 0 Å². The maximum absolute atomic E-state index is 12.1. The van der Waals surface area contributed by atoms with Crippen LogP contribution in [-0.2, 0) is 20.2 Å². The predicted octanol–water partition coefficient (Wildman–Crippen LogP) is 11.6. The second kappa shape index (κ2) is 17.4. The van der Waals surface area contributed by atoms with Gasteiger partial charge in [0.05, 0.1) is 52.2 Å². The van der Waals surface area contributed by atoms with E-state index >= 15 is 0 Å². The molecule has 4 aromatic heterocycles. The van der Waals surface area contributed by atoms with Gasteiger partial charge in [-0.15, -0.1) is 45.3 Å². The Kier molecular flexibility index (Phi) is 12.6. The fourth-order valence-corrected chi connectivity index (χ4v) is 13.5. The van der Waals surface area contributed by atoms with E-state index in [9.17, 15) is 25.9 Å². The zero-order valence-corrected chi connectivity index (χ0v) is 42.0. The summed E-state index contributed by atoms with van der Waals surface area (Å²) < 4.78 is 70.9. The van der Waals surface area contributed by atoms with Crippen LogP contribution in [0.3, 0.4) is 0 Å². The van der Waals surface area contributed by atoms with Gasteiger partial charge in [0.15, 0.2) is 0 Å².